The third kappa shape index (κ3) is 6.64. The molecular weight excluding hydrogens is 330 g/mol. The van der Waals surface area contributed by atoms with Crippen LogP contribution in [-0.4, -0.2) is 72.2 Å². The fourth-order valence-electron chi connectivity index (χ4n) is 3.02. The first kappa shape index (κ1) is 20.7. The van der Waals surface area contributed by atoms with Gasteiger partial charge in [0.2, 0.25) is 15.9 Å². The van der Waals surface area contributed by atoms with Gasteiger partial charge in [0, 0.05) is 40.8 Å². The molecule has 0 unspecified atom stereocenters. The van der Waals surface area contributed by atoms with Crippen LogP contribution in [0.2, 0.25) is 0 Å². The van der Waals surface area contributed by atoms with Crippen LogP contribution >= 0.6 is 0 Å². The van der Waals surface area contributed by atoms with Gasteiger partial charge in [-0.15, -0.1) is 0 Å². The van der Waals surface area contributed by atoms with Crippen LogP contribution < -0.4 is 15.4 Å². The maximum Gasteiger partial charge on any atom is 0.230 e. The van der Waals surface area contributed by atoms with Crippen LogP contribution in [0, 0.1) is 5.41 Å². The van der Waals surface area contributed by atoms with Gasteiger partial charge in [-0.05, 0) is 19.3 Å². The first-order valence-corrected chi connectivity index (χ1v) is 10.2. The van der Waals surface area contributed by atoms with E-state index in [1.807, 2.05) is 0 Å². The highest BCUT2D eigenvalue weighted by atomic mass is 32.2. The molecule has 0 radical (unpaired) electrons. The van der Waals surface area contributed by atoms with Gasteiger partial charge < -0.3 is 15.5 Å². The quantitative estimate of drug-likeness (QED) is 0.314. The minimum absolute atomic E-state index is 0.167. The van der Waals surface area contributed by atoms with Crippen LogP contribution in [0.5, 0.6) is 0 Å². The zero-order chi connectivity index (χ0) is 18.2. The van der Waals surface area contributed by atoms with Crippen molar-refractivity contribution >= 4 is 21.9 Å². The molecule has 9 heteroatoms. The van der Waals surface area contributed by atoms with Gasteiger partial charge in [0.05, 0.1) is 11.7 Å². The first-order chi connectivity index (χ1) is 11.2. The molecule has 0 aromatic carbocycles. The summed E-state index contributed by atoms with van der Waals surface area (Å²) >= 11 is 0. The summed E-state index contributed by atoms with van der Waals surface area (Å²) in [4.78, 5) is 18.3. The van der Waals surface area contributed by atoms with E-state index in [1.54, 1.807) is 26.0 Å². The van der Waals surface area contributed by atoms with Gasteiger partial charge in [-0.3, -0.25) is 9.79 Å². The summed E-state index contributed by atoms with van der Waals surface area (Å²) in [5, 5.41) is 6.39. The predicted molar refractivity (Wildman–Crippen MR) is 96.4 cm³/mol. The van der Waals surface area contributed by atoms with Crippen molar-refractivity contribution in [2.75, 3.05) is 47.0 Å². The fourth-order valence-corrected chi connectivity index (χ4v) is 3.53. The Bertz CT molecular complexity index is 539. The zero-order valence-corrected chi connectivity index (χ0v) is 16.0. The second kappa shape index (κ2) is 9.22. The summed E-state index contributed by atoms with van der Waals surface area (Å²) in [6.07, 6.45) is 5.73. The van der Waals surface area contributed by atoms with E-state index >= 15 is 0 Å². The molecule has 1 aliphatic carbocycles. The van der Waals surface area contributed by atoms with Crippen LogP contribution in [0.4, 0.5) is 0 Å². The number of hydrogen-bond donors (Lipinski definition) is 3. The number of hydrogen-bond acceptors (Lipinski definition) is 4. The fraction of sp³-hybridized carbons (Fsp3) is 0.867. The van der Waals surface area contributed by atoms with Gasteiger partial charge in [-0.2, -0.15) is 0 Å². The molecule has 140 valence electrons. The summed E-state index contributed by atoms with van der Waals surface area (Å²) in [7, 11) is 2.13. The molecule has 0 atom stereocenters. The van der Waals surface area contributed by atoms with E-state index in [1.165, 1.54) is 0 Å². The summed E-state index contributed by atoms with van der Waals surface area (Å²) in [6.45, 7) is 1.54. The Labute approximate surface area is 145 Å². The van der Waals surface area contributed by atoms with Gasteiger partial charge >= 0.3 is 0 Å². The lowest BCUT2D eigenvalue weighted by atomic mass is 9.84. The van der Waals surface area contributed by atoms with E-state index < -0.39 is 10.0 Å². The monoisotopic (exact) mass is 361 g/mol. The highest BCUT2D eigenvalue weighted by Gasteiger charge is 2.42. The number of nitrogens with one attached hydrogen (secondary N) is 3. The van der Waals surface area contributed by atoms with Crippen LogP contribution in [0.25, 0.3) is 0 Å². The number of guanidine groups is 1. The summed E-state index contributed by atoms with van der Waals surface area (Å²) < 4.78 is 24.4. The van der Waals surface area contributed by atoms with Crippen LogP contribution in [-0.2, 0) is 14.8 Å². The molecular formula is C15H31N5O3S. The lowest BCUT2D eigenvalue weighted by Gasteiger charge is -2.31. The topological polar surface area (TPSA) is 103 Å². The molecule has 1 rings (SSSR count). The normalized spacial score (nSPS) is 17.6. The second-order valence-electron chi connectivity index (χ2n) is 6.56. The Kier molecular flexibility index (Phi) is 7.95. The van der Waals surface area contributed by atoms with Crippen molar-refractivity contribution in [2.24, 2.45) is 10.4 Å². The molecule has 0 aromatic rings. The molecule has 0 aromatic heterocycles. The van der Waals surface area contributed by atoms with Crippen molar-refractivity contribution in [2.45, 2.75) is 32.1 Å². The minimum atomic E-state index is -3.14. The molecule has 1 aliphatic rings. The molecule has 0 spiro atoms. The van der Waals surface area contributed by atoms with E-state index in [-0.39, 0.29) is 11.3 Å². The lowest BCUT2D eigenvalue weighted by Crippen LogP contribution is -2.49. The highest BCUT2D eigenvalue weighted by Crippen LogP contribution is 2.38. The van der Waals surface area contributed by atoms with Gasteiger partial charge in [0.1, 0.15) is 0 Å². The third-order valence-electron chi connectivity index (χ3n) is 4.25. The van der Waals surface area contributed by atoms with Gasteiger partial charge in [-0.1, -0.05) is 12.8 Å². The smallest absolute Gasteiger partial charge is 0.230 e. The second-order valence-corrected chi connectivity index (χ2v) is 8.39. The first-order valence-electron chi connectivity index (χ1n) is 8.31. The largest absolute Gasteiger partial charge is 0.356 e. The summed E-state index contributed by atoms with van der Waals surface area (Å²) in [5.41, 5.74) is -0.348. The lowest BCUT2D eigenvalue weighted by molar-refractivity contribution is -0.138. The zero-order valence-electron chi connectivity index (χ0n) is 15.2. The Balaban J connectivity index is 2.43. The van der Waals surface area contributed by atoms with Crippen LogP contribution in [0.3, 0.4) is 0 Å². The Morgan fingerprint density at radius 3 is 2.29 bits per heavy atom. The molecule has 0 bridgehead atoms. The molecule has 1 saturated carbocycles. The highest BCUT2D eigenvalue weighted by molar-refractivity contribution is 7.88. The van der Waals surface area contributed by atoms with Gasteiger partial charge in [0.25, 0.3) is 0 Å². The number of nitrogens with zero attached hydrogens (tertiary/aromatic N) is 2. The van der Waals surface area contributed by atoms with Gasteiger partial charge in [-0.25, -0.2) is 13.1 Å². The maximum absolute atomic E-state index is 12.5. The summed E-state index contributed by atoms with van der Waals surface area (Å²) in [5.74, 6) is 0.799. The number of carbonyl (C=O) groups is 1. The Hall–Kier alpha value is -1.35. The number of rotatable bonds is 8. The van der Waals surface area contributed by atoms with Crippen molar-refractivity contribution < 1.29 is 13.2 Å². The number of amides is 1. The molecule has 0 heterocycles. The SMILES string of the molecule is CN=C(NCCCNS(C)(=O)=O)NCC1(C(=O)N(C)C)CCCC1. The Morgan fingerprint density at radius 1 is 1.17 bits per heavy atom. The van der Waals surface area contributed by atoms with Crippen molar-refractivity contribution in [3.05, 3.63) is 0 Å². The molecule has 24 heavy (non-hydrogen) atoms. The molecule has 0 saturated heterocycles. The van der Waals surface area contributed by atoms with Crippen molar-refractivity contribution in [1.29, 1.82) is 0 Å². The standard InChI is InChI=1S/C15H31N5O3S/c1-16-14(17-10-7-11-19-24(4,22)23)18-12-15(8-5-6-9-15)13(21)20(2)3/h19H,5-12H2,1-4H3,(H2,16,17,18). The summed E-state index contributed by atoms with van der Waals surface area (Å²) in [6, 6.07) is 0. The number of sulfonamides is 1. The predicted octanol–water partition coefficient (Wildman–Crippen LogP) is -0.261. The molecule has 1 fully saturated rings. The maximum atomic E-state index is 12.5. The van der Waals surface area contributed by atoms with E-state index in [4.69, 9.17) is 0 Å². The van der Waals surface area contributed by atoms with Crippen molar-refractivity contribution in [1.82, 2.24) is 20.3 Å². The van der Waals surface area contributed by atoms with E-state index in [0.717, 1.165) is 31.9 Å². The number of aliphatic imine (C=N–C) groups is 1. The Morgan fingerprint density at radius 2 is 1.79 bits per heavy atom. The number of carbonyl (C=O) groups excluding carboxylic acids is 1. The van der Waals surface area contributed by atoms with E-state index in [0.29, 0.717) is 32.0 Å². The van der Waals surface area contributed by atoms with Crippen molar-refractivity contribution in [3.63, 3.8) is 0 Å². The minimum Gasteiger partial charge on any atom is -0.356 e. The van der Waals surface area contributed by atoms with E-state index in [9.17, 15) is 13.2 Å². The molecule has 0 aliphatic heterocycles. The average molecular weight is 362 g/mol. The molecule has 1 amide bonds. The van der Waals surface area contributed by atoms with Crippen molar-refractivity contribution in [3.8, 4) is 0 Å². The van der Waals surface area contributed by atoms with Crippen LogP contribution in [0.15, 0.2) is 4.99 Å². The van der Waals surface area contributed by atoms with Gasteiger partial charge in [0.15, 0.2) is 5.96 Å². The molecule has 8 nitrogen and oxygen atoms in total. The molecule has 3 N–H and O–H groups in total. The van der Waals surface area contributed by atoms with Crippen LogP contribution in [0.1, 0.15) is 32.1 Å². The third-order valence-corrected chi connectivity index (χ3v) is 4.98. The van der Waals surface area contributed by atoms with E-state index in [2.05, 4.69) is 20.3 Å². The average Bonchev–Trinajstić information content (AvgIpc) is 2.98.